The first-order valence-corrected chi connectivity index (χ1v) is 16.3. The fourth-order valence-electron chi connectivity index (χ4n) is 7.36. The Morgan fingerprint density at radius 1 is 1.13 bits per heavy atom. The molecule has 0 spiro atoms. The monoisotopic (exact) mass is 642 g/mol. The molecule has 3 aliphatic rings. The van der Waals surface area contributed by atoms with Crippen LogP contribution in [0.15, 0.2) is 54.7 Å². The van der Waals surface area contributed by atoms with Crippen molar-refractivity contribution in [1.82, 2.24) is 20.9 Å². The van der Waals surface area contributed by atoms with Gasteiger partial charge in [0.15, 0.2) is 0 Å². The van der Waals surface area contributed by atoms with Crippen molar-refractivity contribution in [3.05, 3.63) is 71.6 Å². The van der Waals surface area contributed by atoms with Gasteiger partial charge in [0.25, 0.3) is 0 Å². The lowest BCUT2D eigenvalue weighted by Gasteiger charge is -2.40. The Morgan fingerprint density at radius 2 is 1.93 bits per heavy atom. The predicted octanol–water partition coefficient (Wildman–Crippen LogP) is 6.60. The Bertz CT molecular complexity index is 1350. The van der Waals surface area contributed by atoms with Gasteiger partial charge in [0.1, 0.15) is 5.82 Å². The maximum absolute atomic E-state index is 14.0. The minimum atomic E-state index is -4.68. The molecule has 46 heavy (non-hydrogen) atoms. The summed E-state index contributed by atoms with van der Waals surface area (Å²) in [6, 6.07) is 2.35. The zero-order valence-electron chi connectivity index (χ0n) is 26.7. The number of carbonyl (C=O) groups excluding carboxylic acids is 2. The number of rotatable bonds is 12. The number of nitrogens with one attached hydrogen (secondary N) is 3. The smallest absolute Gasteiger partial charge is 0.352 e. The standard InChI is InChI=1S/C36H46F4N4O2/c1-4-6-7-8-9-10-11-12-27-14-16-44(24-25(27)3)31-13-15-35(21-31,32-19-28(32)23-43-34(46)41-5-2)33(45)42-22-26-17-29(36(38,39)40)20-30(37)18-26/h1,6-9,11-12,17-18,20,25,27-28,31-32H,5,10,13-16,19,21-24H2,2-3H3,(H,42,45)(H2,41,43,46)/b7-6-,9-8-,12-11-. The number of hydrogen-bond acceptors (Lipinski definition) is 3. The number of terminal acetylenes is 1. The summed E-state index contributed by atoms with van der Waals surface area (Å²) in [6.07, 6.45) is 17.4. The van der Waals surface area contributed by atoms with E-state index in [1.54, 1.807) is 6.08 Å². The highest BCUT2D eigenvalue weighted by Crippen LogP contribution is 2.59. The van der Waals surface area contributed by atoms with Gasteiger partial charge in [-0.2, -0.15) is 13.2 Å². The van der Waals surface area contributed by atoms with Gasteiger partial charge < -0.3 is 20.9 Å². The lowest BCUT2D eigenvalue weighted by molar-refractivity contribution is -0.137. The molecule has 0 bridgehead atoms. The molecule has 1 saturated heterocycles. The number of hydrogen-bond donors (Lipinski definition) is 3. The molecule has 3 N–H and O–H groups in total. The van der Waals surface area contributed by atoms with E-state index in [4.69, 9.17) is 6.42 Å². The van der Waals surface area contributed by atoms with Gasteiger partial charge in [0.2, 0.25) is 5.91 Å². The van der Waals surface area contributed by atoms with Crippen LogP contribution in [0.3, 0.4) is 0 Å². The molecular formula is C36H46F4N4O2. The number of piperidine rings is 1. The van der Waals surface area contributed by atoms with Gasteiger partial charge in [-0.25, -0.2) is 9.18 Å². The minimum absolute atomic E-state index is 0.0547. The van der Waals surface area contributed by atoms with Crippen molar-refractivity contribution in [3.8, 4) is 12.3 Å². The summed E-state index contributed by atoms with van der Waals surface area (Å²) >= 11 is 0. The second kappa shape index (κ2) is 15.8. The number of benzene rings is 1. The molecule has 0 radical (unpaired) electrons. The third-order valence-corrected chi connectivity index (χ3v) is 9.82. The van der Waals surface area contributed by atoms with Gasteiger partial charge in [-0.3, -0.25) is 4.79 Å². The molecule has 6 unspecified atom stereocenters. The van der Waals surface area contributed by atoms with Crippen LogP contribution in [0.1, 0.15) is 63.5 Å². The van der Waals surface area contributed by atoms with E-state index in [0.717, 1.165) is 50.9 Å². The third kappa shape index (κ3) is 9.25. The van der Waals surface area contributed by atoms with Crippen molar-refractivity contribution in [2.24, 2.45) is 29.1 Å². The van der Waals surface area contributed by atoms with Crippen LogP contribution < -0.4 is 16.0 Å². The van der Waals surface area contributed by atoms with Crippen LogP contribution in [0.5, 0.6) is 0 Å². The van der Waals surface area contributed by atoms with Gasteiger partial charge in [-0.05, 0) is 106 Å². The number of likely N-dealkylation sites (tertiary alicyclic amines) is 1. The van der Waals surface area contributed by atoms with E-state index in [1.165, 1.54) is 0 Å². The highest BCUT2D eigenvalue weighted by Gasteiger charge is 2.60. The fraction of sp³-hybridized carbons (Fsp3) is 0.556. The van der Waals surface area contributed by atoms with Gasteiger partial charge in [-0.15, -0.1) is 6.42 Å². The number of nitrogens with zero attached hydrogens (tertiary/aromatic N) is 1. The first-order valence-electron chi connectivity index (χ1n) is 16.3. The minimum Gasteiger partial charge on any atom is -0.352 e. The molecule has 250 valence electrons. The molecule has 6 nitrogen and oxygen atoms in total. The van der Waals surface area contributed by atoms with Crippen LogP contribution in [0.25, 0.3) is 0 Å². The molecule has 2 aliphatic carbocycles. The van der Waals surface area contributed by atoms with Crippen molar-refractivity contribution in [2.45, 2.75) is 71.1 Å². The van der Waals surface area contributed by atoms with Crippen LogP contribution in [0.4, 0.5) is 22.4 Å². The first kappa shape index (κ1) is 35.3. The molecule has 1 aliphatic heterocycles. The number of halogens is 4. The van der Waals surface area contributed by atoms with Crippen LogP contribution >= 0.6 is 0 Å². The molecule has 1 aromatic rings. The average Bonchev–Trinajstić information content (AvgIpc) is 3.66. The third-order valence-electron chi connectivity index (χ3n) is 9.82. The number of carbonyl (C=O) groups is 2. The predicted molar refractivity (Wildman–Crippen MR) is 172 cm³/mol. The SMILES string of the molecule is C#C/C=C\C=C/C/C=C\C1CCN(C2CCC(C(=O)NCc3cc(F)cc(C(F)(F)F)c3)(C3CC3CNC(=O)NCC)C2)CC1C. The summed E-state index contributed by atoms with van der Waals surface area (Å²) < 4.78 is 53.9. The van der Waals surface area contributed by atoms with Crippen molar-refractivity contribution < 1.29 is 27.2 Å². The Balaban J connectivity index is 1.41. The van der Waals surface area contributed by atoms with Crippen molar-refractivity contribution in [2.75, 3.05) is 26.2 Å². The topological polar surface area (TPSA) is 73.5 Å². The van der Waals surface area contributed by atoms with Crippen molar-refractivity contribution in [3.63, 3.8) is 0 Å². The number of urea groups is 1. The zero-order valence-corrected chi connectivity index (χ0v) is 26.7. The molecule has 3 amide bonds. The molecule has 10 heteroatoms. The maximum Gasteiger partial charge on any atom is 0.416 e. The Kier molecular flexibility index (Phi) is 12.1. The normalized spacial score (nSPS) is 28.5. The zero-order chi connectivity index (χ0) is 33.3. The van der Waals surface area contributed by atoms with E-state index in [-0.39, 0.29) is 41.9 Å². The first-order chi connectivity index (χ1) is 22.0. The Labute approximate surface area is 270 Å². The summed E-state index contributed by atoms with van der Waals surface area (Å²) in [6.45, 7) is 6.74. The van der Waals surface area contributed by atoms with Gasteiger partial charge in [-0.1, -0.05) is 43.2 Å². The maximum atomic E-state index is 14.0. The van der Waals surface area contributed by atoms with Crippen LogP contribution in [-0.2, 0) is 17.5 Å². The Hall–Kier alpha value is -3.58. The van der Waals surface area contributed by atoms with Crippen LogP contribution in [0, 0.1) is 47.2 Å². The van der Waals surface area contributed by atoms with E-state index < -0.39 is 23.0 Å². The molecule has 0 aromatic heterocycles. The highest BCUT2D eigenvalue weighted by molar-refractivity contribution is 5.84. The van der Waals surface area contributed by atoms with E-state index >= 15 is 0 Å². The molecule has 1 aromatic carbocycles. The van der Waals surface area contributed by atoms with Crippen LogP contribution in [0.2, 0.25) is 0 Å². The molecule has 3 fully saturated rings. The van der Waals surface area contributed by atoms with Gasteiger partial charge in [0.05, 0.1) is 11.0 Å². The summed E-state index contributed by atoms with van der Waals surface area (Å²) in [4.78, 5) is 28.5. The lowest BCUT2D eigenvalue weighted by atomic mass is 9.78. The van der Waals surface area contributed by atoms with Crippen LogP contribution in [-0.4, -0.2) is 49.1 Å². The molecule has 6 atom stereocenters. The average molecular weight is 643 g/mol. The summed E-state index contributed by atoms with van der Waals surface area (Å²) in [5, 5.41) is 8.50. The summed E-state index contributed by atoms with van der Waals surface area (Å²) in [5.74, 6) is 2.39. The van der Waals surface area contributed by atoms with Gasteiger partial charge in [0, 0.05) is 32.2 Å². The quantitative estimate of drug-likeness (QED) is 0.104. The summed E-state index contributed by atoms with van der Waals surface area (Å²) in [5.41, 5.74) is -1.70. The molecule has 4 rings (SSSR count). The molecule has 2 saturated carbocycles. The second-order valence-corrected chi connectivity index (χ2v) is 13.0. The molecular weight excluding hydrogens is 596 g/mol. The van der Waals surface area contributed by atoms with E-state index in [1.807, 2.05) is 19.1 Å². The molecule has 1 heterocycles. The summed E-state index contributed by atoms with van der Waals surface area (Å²) in [7, 11) is 0. The van der Waals surface area contributed by atoms with Crippen molar-refractivity contribution >= 4 is 11.9 Å². The van der Waals surface area contributed by atoms with E-state index in [2.05, 4.69) is 51.9 Å². The van der Waals surface area contributed by atoms with Crippen molar-refractivity contribution in [1.29, 1.82) is 0 Å². The van der Waals surface area contributed by atoms with E-state index in [0.29, 0.717) is 43.8 Å². The lowest BCUT2D eigenvalue weighted by Crippen LogP contribution is -2.46. The largest absolute Gasteiger partial charge is 0.416 e. The Morgan fingerprint density at radius 3 is 2.65 bits per heavy atom. The second-order valence-electron chi connectivity index (χ2n) is 13.0. The number of alkyl halides is 3. The fourth-order valence-corrected chi connectivity index (χ4v) is 7.36. The number of amides is 3. The highest BCUT2D eigenvalue weighted by atomic mass is 19.4. The number of allylic oxidation sites excluding steroid dienone is 6. The van der Waals surface area contributed by atoms with Gasteiger partial charge >= 0.3 is 12.2 Å². The van der Waals surface area contributed by atoms with E-state index in [9.17, 15) is 27.2 Å².